The summed E-state index contributed by atoms with van der Waals surface area (Å²) in [5.41, 5.74) is 4.97. The number of likely N-dealkylation sites (N-methyl/N-ethyl adjacent to an activating group) is 1. The minimum atomic E-state index is -0.516. The van der Waals surface area contributed by atoms with E-state index in [0.29, 0.717) is 12.2 Å². The Morgan fingerprint density at radius 2 is 1.94 bits per heavy atom. The average Bonchev–Trinajstić information content (AvgIpc) is 3.17. The zero-order chi connectivity index (χ0) is 21.8. The molecule has 4 aromatic rings. The molecule has 0 aliphatic carbocycles. The highest BCUT2D eigenvalue weighted by molar-refractivity contribution is 6.00. The van der Waals surface area contributed by atoms with E-state index in [4.69, 9.17) is 0 Å². The standard InChI is InChI=1S/C24H22FN5O/c1-30(2)10-4-7-23(31)29-19-6-3-5-16(11-19)18-12-20-21(15-28-24(20)27-14-18)17-8-9-22(25)26-13-17/h3-9,11-15H,10H2,1-2H3,(H,27,28)(H,29,31)/b7-4+. The summed E-state index contributed by atoms with van der Waals surface area (Å²) in [5, 5.41) is 3.80. The highest BCUT2D eigenvalue weighted by Crippen LogP contribution is 2.31. The largest absolute Gasteiger partial charge is 0.346 e. The fraction of sp³-hybridized carbons (Fsp3) is 0.125. The topological polar surface area (TPSA) is 73.9 Å². The van der Waals surface area contributed by atoms with Crippen LogP contribution in [-0.4, -0.2) is 46.4 Å². The lowest BCUT2D eigenvalue weighted by molar-refractivity contribution is -0.111. The number of aromatic amines is 1. The van der Waals surface area contributed by atoms with E-state index in [0.717, 1.165) is 33.3 Å². The van der Waals surface area contributed by atoms with Crippen LogP contribution in [0.2, 0.25) is 0 Å². The van der Waals surface area contributed by atoms with Crippen molar-refractivity contribution in [2.45, 2.75) is 0 Å². The zero-order valence-corrected chi connectivity index (χ0v) is 17.3. The minimum absolute atomic E-state index is 0.177. The molecule has 7 heteroatoms. The molecule has 1 aromatic carbocycles. The van der Waals surface area contributed by atoms with Gasteiger partial charge in [-0.2, -0.15) is 4.39 Å². The van der Waals surface area contributed by atoms with Crippen molar-refractivity contribution >= 4 is 22.6 Å². The van der Waals surface area contributed by atoms with Crippen molar-refractivity contribution in [2.75, 3.05) is 26.0 Å². The minimum Gasteiger partial charge on any atom is -0.346 e. The third kappa shape index (κ3) is 4.84. The summed E-state index contributed by atoms with van der Waals surface area (Å²) in [6.45, 7) is 0.696. The molecule has 156 valence electrons. The van der Waals surface area contributed by atoms with E-state index in [-0.39, 0.29) is 5.91 Å². The molecule has 0 saturated heterocycles. The lowest BCUT2D eigenvalue weighted by Crippen LogP contribution is -2.12. The smallest absolute Gasteiger partial charge is 0.248 e. The Hall–Kier alpha value is -3.84. The number of nitrogens with one attached hydrogen (secondary N) is 2. The lowest BCUT2D eigenvalue weighted by Gasteiger charge is -2.07. The predicted molar refractivity (Wildman–Crippen MR) is 121 cm³/mol. The van der Waals surface area contributed by atoms with Crippen molar-refractivity contribution in [3.63, 3.8) is 0 Å². The van der Waals surface area contributed by atoms with Crippen LogP contribution in [0.5, 0.6) is 0 Å². The van der Waals surface area contributed by atoms with E-state index < -0.39 is 5.95 Å². The Morgan fingerprint density at radius 1 is 1.10 bits per heavy atom. The number of amides is 1. The Labute approximate surface area is 179 Å². The summed E-state index contributed by atoms with van der Waals surface area (Å²) in [4.78, 5) is 25.5. The summed E-state index contributed by atoms with van der Waals surface area (Å²) in [7, 11) is 3.89. The number of nitrogens with zero attached hydrogens (tertiary/aromatic N) is 3. The third-order valence-corrected chi connectivity index (χ3v) is 4.77. The summed E-state index contributed by atoms with van der Waals surface area (Å²) in [6, 6.07) is 12.7. The van der Waals surface area contributed by atoms with Crippen LogP contribution in [0, 0.1) is 5.95 Å². The summed E-state index contributed by atoms with van der Waals surface area (Å²) in [5.74, 6) is -0.692. The van der Waals surface area contributed by atoms with Crippen molar-refractivity contribution in [1.29, 1.82) is 0 Å². The number of benzene rings is 1. The van der Waals surface area contributed by atoms with Crippen LogP contribution in [-0.2, 0) is 4.79 Å². The van der Waals surface area contributed by atoms with Gasteiger partial charge < -0.3 is 15.2 Å². The van der Waals surface area contributed by atoms with Crippen LogP contribution >= 0.6 is 0 Å². The number of rotatable bonds is 6. The fourth-order valence-corrected chi connectivity index (χ4v) is 3.27. The van der Waals surface area contributed by atoms with Gasteiger partial charge in [0.1, 0.15) is 5.65 Å². The molecule has 0 aliphatic rings. The van der Waals surface area contributed by atoms with Crippen LogP contribution in [0.1, 0.15) is 0 Å². The highest BCUT2D eigenvalue weighted by atomic mass is 19.1. The zero-order valence-electron chi connectivity index (χ0n) is 17.3. The molecule has 3 heterocycles. The maximum atomic E-state index is 13.2. The molecule has 0 bridgehead atoms. The predicted octanol–water partition coefficient (Wildman–Crippen LogP) is 4.49. The maximum absolute atomic E-state index is 13.2. The van der Waals surface area contributed by atoms with Crippen molar-refractivity contribution in [2.24, 2.45) is 0 Å². The number of H-pyrrole nitrogens is 1. The molecule has 31 heavy (non-hydrogen) atoms. The van der Waals surface area contributed by atoms with Crippen LogP contribution in [0.15, 0.2) is 73.2 Å². The molecular weight excluding hydrogens is 393 g/mol. The second-order valence-electron chi connectivity index (χ2n) is 7.43. The molecule has 0 unspecified atom stereocenters. The van der Waals surface area contributed by atoms with Crippen LogP contribution in [0.25, 0.3) is 33.3 Å². The normalized spacial score (nSPS) is 11.5. The van der Waals surface area contributed by atoms with Gasteiger partial charge in [0, 0.05) is 59.0 Å². The van der Waals surface area contributed by atoms with Gasteiger partial charge in [-0.15, -0.1) is 0 Å². The van der Waals surface area contributed by atoms with Crippen LogP contribution in [0.3, 0.4) is 0 Å². The SMILES string of the molecule is CN(C)C/C=C/C(=O)Nc1cccc(-c2cnc3[nH]cc(-c4ccc(F)nc4)c3c2)c1. The van der Waals surface area contributed by atoms with E-state index >= 15 is 0 Å². The summed E-state index contributed by atoms with van der Waals surface area (Å²) in [6.07, 6.45) is 8.47. The molecule has 0 spiro atoms. The number of carbonyl (C=O) groups is 1. The number of fused-ring (bicyclic) bond motifs is 1. The number of carbonyl (C=O) groups excluding carboxylic acids is 1. The number of pyridine rings is 2. The van der Waals surface area contributed by atoms with Crippen molar-refractivity contribution in [3.05, 3.63) is 79.2 Å². The molecule has 0 saturated carbocycles. The monoisotopic (exact) mass is 415 g/mol. The van der Waals surface area contributed by atoms with Crippen molar-refractivity contribution < 1.29 is 9.18 Å². The number of hydrogen-bond donors (Lipinski definition) is 2. The van der Waals surface area contributed by atoms with Crippen LogP contribution in [0.4, 0.5) is 10.1 Å². The average molecular weight is 415 g/mol. The third-order valence-electron chi connectivity index (χ3n) is 4.77. The first kappa shape index (κ1) is 20.4. The molecule has 0 fully saturated rings. The van der Waals surface area contributed by atoms with Gasteiger partial charge in [0.25, 0.3) is 0 Å². The van der Waals surface area contributed by atoms with Crippen molar-refractivity contribution in [1.82, 2.24) is 19.9 Å². The van der Waals surface area contributed by atoms with E-state index in [2.05, 4.69) is 20.3 Å². The number of anilines is 1. The van der Waals surface area contributed by atoms with E-state index in [9.17, 15) is 9.18 Å². The molecule has 0 aliphatic heterocycles. The van der Waals surface area contributed by atoms with Crippen molar-refractivity contribution in [3.8, 4) is 22.3 Å². The van der Waals surface area contributed by atoms with Gasteiger partial charge in [-0.25, -0.2) is 9.97 Å². The first-order valence-corrected chi connectivity index (χ1v) is 9.81. The van der Waals surface area contributed by atoms with Gasteiger partial charge in [-0.05, 0) is 50.0 Å². The highest BCUT2D eigenvalue weighted by Gasteiger charge is 2.10. The molecule has 6 nitrogen and oxygen atoms in total. The molecular formula is C24H22FN5O. The summed E-state index contributed by atoms with van der Waals surface area (Å²) >= 11 is 0. The van der Waals surface area contributed by atoms with E-state index in [1.807, 2.05) is 61.6 Å². The second kappa shape index (κ2) is 8.89. The first-order chi connectivity index (χ1) is 15.0. The molecule has 1 amide bonds. The maximum Gasteiger partial charge on any atom is 0.248 e. The van der Waals surface area contributed by atoms with E-state index in [1.165, 1.54) is 18.3 Å². The molecule has 4 rings (SSSR count). The second-order valence-corrected chi connectivity index (χ2v) is 7.43. The Morgan fingerprint density at radius 3 is 2.71 bits per heavy atom. The van der Waals surface area contributed by atoms with Gasteiger partial charge >= 0.3 is 0 Å². The Kier molecular flexibility index (Phi) is 5.86. The van der Waals surface area contributed by atoms with Gasteiger partial charge in [0.15, 0.2) is 0 Å². The van der Waals surface area contributed by atoms with Gasteiger partial charge in [-0.1, -0.05) is 18.2 Å². The Bertz CT molecular complexity index is 1240. The number of halogens is 1. The molecule has 2 N–H and O–H groups in total. The summed E-state index contributed by atoms with van der Waals surface area (Å²) < 4.78 is 13.2. The first-order valence-electron chi connectivity index (χ1n) is 9.81. The molecule has 0 radical (unpaired) electrons. The number of aromatic nitrogens is 3. The fourth-order valence-electron chi connectivity index (χ4n) is 3.27. The van der Waals surface area contributed by atoms with Gasteiger partial charge in [0.2, 0.25) is 11.9 Å². The van der Waals surface area contributed by atoms with Gasteiger partial charge in [-0.3, -0.25) is 4.79 Å². The van der Waals surface area contributed by atoms with E-state index in [1.54, 1.807) is 12.3 Å². The quantitative estimate of drug-likeness (QED) is 0.360. The molecule has 3 aromatic heterocycles. The number of hydrogen-bond acceptors (Lipinski definition) is 4. The molecule has 0 atom stereocenters. The Balaban J connectivity index is 1.61. The van der Waals surface area contributed by atoms with Crippen LogP contribution < -0.4 is 5.32 Å². The van der Waals surface area contributed by atoms with Gasteiger partial charge in [0.05, 0.1) is 0 Å². The lowest BCUT2D eigenvalue weighted by atomic mass is 10.0.